The van der Waals surface area contributed by atoms with E-state index < -0.39 is 15.6 Å². The third-order valence-electron chi connectivity index (χ3n) is 4.58. The third-order valence-corrected chi connectivity index (χ3v) is 5.97. The van der Waals surface area contributed by atoms with Gasteiger partial charge >= 0.3 is 0 Å². The highest BCUT2D eigenvalue weighted by atomic mass is 35.5. The van der Waals surface area contributed by atoms with Gasteiger partial charge in [0.2, 0.25) is 0 Å². The highest BCUT2D eigenvalue weighted by molar-refractivity contribution is 7.92. The summed E-state index contributed by atoms with van der Waals surface area (Å²) in [6.07, 6.45) is 1.44. The van der Waals surface area contributed by atoms with Crippen LogP contribution in [0.2, 0.25) is 0 Å². The number of nitrogens with one attached hydrogen (secondary N) is 2. The van der Waals surface area contributed by atoms with E-state index >= 15 is 0 Å². The highest BCUT2D eigenvalue weighted by Gasteiger charge is 2.27. The molecule has 0 aliphatic rings. The average Bonchev–Trinajstić information content (AvgIpc) is 2.66. The Hall–Kier alpha value is -2.09. The average molecular weight is 412 g/mol. The van der Waals surface area contributed by atoms with Crippen molar-refractivity contribution in [1.82, 2.24) is 5.32 Å². The van der Waals surface area contributed by atoms with Crippen LogP contribution in [0.25, 0.3) is 0 Å². The zero-order valence-electron chi connectivity index (χ0n) is 15.4. The van der Waals surface area contributed by atoms with Gasteiger partial charge in [0.1, 0.15) is 0 Å². The second-order valence-electron chi connectivity index (χ2n) is 6.14. The van der Waals surface area contributed by atoms with Crippen molar-refractivity contribution in [3.8, 4) is 0 Å². The van der Waals surface area contributed by atoms with E-state index in [9.17, 15) is 13.2 Å². The molecule has 2 rings (SSSR count). The number of anilines is 1. The molecule has 27 heavy (non-hydrogen) atoms. The molecule has 2 aromatic carbocycles. The Balaban J connectivity index is 0.00000364. The number of hydrogen-bond donors (Lipinski definition) is 3. The molecule has 0 aliphatic heterocycles. The third kappa shape index (κ3) is 5.69. The van der Waals surface area contributed by atoms with Gasteiger partial charge in [0.05, 0.1) is 10.4 Å². The first-order valence-corrected chi connectivity index (χ1v) is 10.0. The Morgan fingerprint density at radius 2 is 1.56 bits per heavy atom. The van der Waals surface area contributed by atoms with Gasteiger partial charge in [-0.3, -0.25) is 9.52 Å². The van der Waals surface area contributed by atoms with Gasteiger partial charge in [-0.2, -0.15) is 0 Å². The summed E-state index contributed by atoms with van der Waals surface area (Å²) in [6.45, 7) is 4.29. The minimum atomic E-state index is -3.71. The Bertz CT molecular complexity index is 828. The second kappa shape index (κ2) is 9.73. The molecule has 0 fully saturated rings. The maximum Gasteiger partial charge on any atom is 0.261 e. The molecule has 148 valence electrons. The van der Waals surface area contributed by atoms with Crippen molar-refractivity contribution in [2.24, 2.45) is 5.73 Å². The van der Waals surface area contributed by atoms with Crippen molar-refractivity contribution in [2.45, 2.75) is 37.1 Å². The van der Waals surface area contributed by atoms with E-state index in [4.69, 9.17) is 5.73 Å². The number of carbonyl (C=O) groups is 1. The van der Waals surface area contributed by atoms with E-state index in [0.717, 1.165) is 12.8 Å². The Morgan fingerprint density at radius 3 is 2.04 bits per heavy atom. The molecule has 0 unspecified atom stereocenters. The molecule has 0 saturated carbocycles. The molecule has 1 amide bonds. The first-order valence-electron chi connectivity index (χ1n) is 8.56. The summed E-state index contributed by atoms with van der Waals surface area (Å²) < 4.78 is 27.3. The molecule has 2 aromatic rings. The molecule has 0 bridgehead atoms. The van der Waals surface area contributed by atoms with Gasteiger partial charge in [-0.05, 0) is 49.2 Å². The van der Waals surface area contributed by atoms with Crippen LogP contribution in [-0.2, 0) is 10.0 Å². The van der Waals surface area contributed by atoms with Crippen LogP contribution in [0.4, 0.5) is 5.69 Å². The molecule has 0 aliphatic carbocycles. The molecular weight excluding hydrogens is 386 g/mol. The van der Waals surface area contributed by atoms with Crippen LogP contribution in [-0.4, -0.2) is 26.4 Å². The van der Waals surface area contributed by atoms with Gasteiger partial charge in [-0.25, -0.2) is 8.42 Å². The highest BCUT2D eigenvalue weighted by Crippen LogP contribution is 2.18. The minimum absolute atomic E-state index is 0. The molecular formula is C19H26ClN3O3S. The number of hydrogen-bond acceptors (Lipinski definition) is 4. The van der Waals surface area contributed by atoms with Crippen LogP contribution >= 0.6 is 12.4 Å². The summed E-state index contributed by atoms with van der Waals surface area (Å²) in [5.74, 6) is -0.265. The summed E-state index contributed by atoms with van der Waals surface area (Å²) in [5, 5.41) is 2.96. The zero-order valence-corrected chi connectivity index (χ0v) is 17.1. The lowest BCUT2D eigenvalue weighted by Crippen LogP contribution is -2.52. The lowest BCUT2D eigenvalue weighted by molar-refractivity contribution is 0.0895. The second-order valence-corrected chi connectivity index (χ2v) is 7.82. The molecule has 0 saturated heterocycles. The van der Waals surface area contributed by atoms with Crippen LogP contribution < -0.4 is 15.8 Å². The molecule has 0 aromatic heterocycles. The fourth-order valence-corrected chi connectivity index (χ4v) is 3.64. The predicted molar refractivity (Wildman–Crippen MR) is 111 cm³/mol. The van der Waals surface area contributed by atoms with E-state index in [0.29, 0.717) is 17.8 Å². The number of amides is 1. The summed E-state index contributed by atoms with van der Waals surface area (Å²) >= 11 is 0. The predicted octanol–water partition coefficient (Wildman–Crippen LogP) is 3.16. The van der Waals surface area contributed by atoms with Crippen molar-refractivity contribution in [3.63, 3.8) is 0 Å². The lowest BCUT2D eigenvalue weighted by atomic mass is 9.92. The molecule has 0 radical (unpaired) electrons. The Morgan fingerprint density at radius 1 is 1.00 bits per heavy atom. The van der Waals surface area contributed by atoms with Gasteiger partial charge in [0.15, 0.2) is 0 Å². The molecule has 8 heteroatoms. The maximum absolute atomic E-state index is 12.5. The van der Waals surface area contributed by atoms with Crippen LogP contribution in [0, 0.1) is 0 Å². The van der Waals surface area contributed by atoms with Crippen molar-refractivity contribution >= 4 is 34.0 Å². The standard InChI is InChI=1S/C19H25N3O3S.ClH/c1-3-19(4-2,14-20)21-18(23)15-10-12-17(13-11-15)26(24,25)22-16-8-6-5-7-9-16;/h5-13,22H,3-4,14,20H2,1-2H3,(H,21,23);1H. The van der Waals surface area contributed by atoms with E-state index in [1.165, 1.54) is 24.3 Å². The van der Waals surface area contributed by atoms with Crippen molar-refractivity contribution in [2.75, 3.05) is 11.3 Å². The molecule has 0 atom stereocenters. The maximum atomic E-state index is 12.5. The minimum Gasteiger partial charge on any atom is -0.345 e. The van der Waals surface area contributed by atoms with Gasteiger partial charge in [0.25, 0.3) is 15.9 Å². The molecule has 0 spiro atoms. The monoisotopic (exact) mass is 411 g/mol. The normalized spacial score (nSPS) is 11.4. The number of rotatable bonds is 8. The quantitative estimate of drug-likeness (QED) is 0.620. The van der Waals surface area contributed by atoms with Gasteiger partial charge in [-0.15, -0.1) is 12.4 Å². The van der Waals surface area contributed by atoms with E-state index in [-0.39, 0.29) is 23.2 Å². The fraction of sp³-hybridized carbons (Fsp3) is 0.316. The zero-order chi connectivity index (χ0) is 19.2. The first-order chi connectivity index (χ1) is 12.4. The largest absolute Gasteiger partial charge is 0.345 e. The summed E-state index contributed by atoms with van der Waals surface area (Å²) in [7, 11) is -3.71. The lowest BCUT2D eigenvalue weighted by Gasteiger charge is -2.31. The van der Waals surface area contributed by atoms with Crippen molar-refractivity contribution < 1.29 is 13.2 Å². The SMILES string of the molecule is CCC(CC)(CN)NC(=O)c1ccc(S(=O)(=O)Nc2ccccc2)cc1.Cl. The van der Waals surface area contributed by atoms with Gasteiger partial charge < -0.3 is 11.1 Å². The number of nitrogens with two attached hydrogens (primary N) is 1. The first kappa shape index (κ1) is 23.0. The number of halogens is 1. The van der Waals surface area contributed by atoms with Gasteiger partial charge in [-0.1, -0.05) is 32.0 Å². The van der Waals surface area contributed by atoms with Crippen LogP contribution in [0.1, 0.15) is 37.0 Å². The van der Waals surface area contributed by atoms with Gasteiger partial charge in [0, 0.05) is 17.8 Å². The van der Waals surface area contributed by atoms with Crippen LogP contribution in [0.5, 0.6) is 0 Å². The van der Waals surface area contributed by atoms with E-state index in [2.05, 4.69) is 10.0 Å². The molecule has 6 nitrogen and oxygen atoms in total. The van der Waals surface area contributed by atoms with Crippen LogP contribution in [0.15, 0.2) is 59.5 Å². The van der Waals surface area contributed by atoms with Crippen molar-refractivity contribution in [3.05, 3.63) is 60.2 Å². The summed E-state index contributed by atoms with van der Waals surface area (Å²) in [4.78, 5) is 12.5. The van der Waals surface area contributed by atoms with E-state index in [1.807, 2.05) is 13.8 Å². The van der Waals surface area contributed by atoms with Crippen molar-refractivity contribution in [1.29, 1.82) is 0 Å². The smallest absolute Gasteiger partial charge is 0.261 e. The number of benzene rings is 2. The number of carbonyl (C=O) groups excluding carboxylic acids is 1. The molecule has 4 N–H and O–H groups in total. The summed E-state index contributed by atoms with van der Waals surface area (Å²) in [6, 6.07) is 14.5. The van der Waals surface area contributed by atoms with Crippen LogP contribution in [0.3, 0.4) is 0 Å². The fourth-order valence-electron chi connectivity index (χ4n) is 2.59. The van der Waals surface area contributed by atoms with E-state index in [1.54, 1.807) is 30.3 Å². The Kier molecular flexibility index (Phi) is 8.27. The number of sulfonamides is 1. The Labute approximate surface area is 167 Å². The topological polar surface area (TPSA) is 101 Å². The summed E-state index contributed by atoms with van der Waals surface area (Å²) in [5.41, 5.74) is 6.23. The number of para-hydroxylation sites is 1. The molecule has 0 heterocycles.